The minimum absolute atomic E-state index is 0.388. The van der Waals surface area contributed by atoms with E-state index in [1.165, 1.54) is 5.56 Å². The summed E-state index contributed by atoms with van der Waals surface area (Å²) in [6, 6.07) is 10.3. The number of thiazole rings is 1. The molecular weight excluding hydrogens is 230 g/mol. The molecule has 0 amide bonds. The number of rotatable bonds is 4. The Labute approximate surface area is 106 Å². The zero-order valence-electron chi connectivity index (χ0n) is 10.2. The number of aryl methyl sites for hydroxylation is 3. The van der Waals surface area contributed by atoms with Crippen molar-refractivity contribution in [2.45, 2.75) is 32.8 Å². The molecule has 1 heterocycles. The van der Waals surface area contributed by atoms with E-state index >= 15 is 0 Å². The van der Waals surface area contributed by atoms with E-state index < -0.39 is 0 Å². The minimum atomic E-state index is -0.388. The fourth-order valence-corrected chi connectivity index (χ4v) is 2.88. The van der Waals surface area contributed by atoms with Gasteiger partial charge < -0.3 is 5.11 Å². The first-order valence-corrected chi connectivity index (χ1v) is 6.64. The lowest BCUT2D eigenvalue weighted by atomic mass is 10.1. The second kappa shape index (κ2) is 5.43. The third-order valence-electron chi connectivity index (χ3n) is 2.79. The lowest BCUT2D eigenvalue weighted by molar-refractivity contribution is 0.170. The average Bonchev–Trinajstić information content (AvgIpc) is 2.67. The van der Waals surface area contributed by atoms with Gasteiger partial charge in [-0.25, -0.2) is 4.98 Å². The molecule has 0 fully saturated rings. The summed E-state index contributed by atoms with van der Waals surface area (Å²) in [5, 5.41) is 11.2. The summed E-state index contributed by atoms with van der Waals surface area (Å²) in [5.41, 5.74) is 2.23. The number of nitrogens with zero attached hydrogens (tertiary/aromatic N) is 1. The third kappa shape index (κ3) is 3.14. The molecule has 0 radical (unpaired) electrons. The van der Waals surface area contributed by atoms with Crippen molar-refractivity contribution in [2.24, 2.45) is 0 Å². The van der Waals surface area contributed by atoms with Crippen LogP contribution in [0.15, 0.2) is 30.3 Å². The highest BCUT2D eigenvalue weighted by molar-refractivity contribution is 7.11. The fourth-order valence-electron chi connectivity index (χ4n) is 1.94. The normalized spacial score (nSPS) is 12.6. The Morgan fingerprint density at radius 3 is 2.53 bits per heavy atom. The van der Waals surface area contributed by atoms with Crippen LogP contribution in [0.3, 0.4) is 0 Å². The van der Waals surface area contributed by atoms with Gasteiger partial charge in [-0.1, -0.05) is 30.3 Å². The topological polar surface area (TPSA) is 33.1 Å². The molecule has 1 unspecified atom stereocenters. The molecular formula is C14H17NOS. The Morgan fingerprint density at radius 1 is 1.24 bits per heavy atom. The van der Waals surface area contributed by atoms with E-state index in [9.17, 15) is 5.11 Å². The van der Waals surface area contributed by atoms with Crippen molar-refractivity contribution in [1.29, 1.82) is 0 Å². The van der Waals surface area contributed by atoms with Crippen LogP contribution in [-0.2, 0) is 6.42 Å². The van der Waals surface area contributed by atoms with Crippen molar-refractivity contribution < 1.29 is 5.11 Å². The molecule has 2 aromatic rings. The van der Waals surface area contributed by atoms with Crippen LogP contribution in [0.25, 0.3) is 0 Å². The molecule has 3 heteroatoms. The van der Waals surface area contributed by atoms with E-state index in [2.05, 4.69) is 17.1 Å². The van der Waals surface area contributed by atoms with Gasteiger partial charge in [0.05, 0.1) is 21.7 Å². The van der Waals surface area contributed by atoms with Gasteiger partial charge in [-0.05, 0) is 32.3 Å². The average molecular weight is 247 g/mol. The zero-order valence-corrected chi connectivity index (χ0v) is 11.0. The van der Waals surface area contributed by atoms with E-state index in [-0.39, 0.29) is 6.10 Å². The molecule has 1 aromatic carbocycles. The van der Waals surface area contributed by atoms with Gasteiger partial charge in [0, 0.05) is 0 Å². The third-order valence-corrected chi connectivity index (χ3v) is 3.97. The van der Waals surface area contributed by atoms with Crippen LogP contribution in [0.2, 0.25) is 0 Å². The predicted octanol–water partition coefficient (Wildman–Crippen LogP) is 3.43. The van der Waals surface area contributed by atoms with Crippen LogP contribution in [0, 0.1) is 13.8 Å². The van der Waals surface area contributed by atoms with Crippen molar-refractivity contribution in [1.82, 2.24) is 4.98 Å². The van der Waals surface area contributed by atoms with Crippen LogP contribution >= 0.6 is 11.3 Å². The monoisotopic (exact) mass is 247 g/mol. The Balaban J connectivity index is 1.98. The maximum absolute atomic E-state index is 10.1. The second-order valence-electron chi connectivity index (χ2n) is 4.22. The van der Waals surface area contributed by atoms with Gasteiger partial charge >= 0.3 is 0 Å². The second-order valence-corrected chi connectivity index (χ2v) is 5.46. The number of aliphatic hydroxyl groups is 1. The largest absolute Gasteiger partial charge is 0.387 e. The minimum Gasteiger partial charge on any atom is -0.387 e. The first kappa shape index (κ1) is 12.3. The first-order valence-electron chi connectivity index (χ1n) is 5.82. The number of hydrogen-bond donors (Lipinski definition) is 1. The standard InChI is InChI=1S/C14H17NOS/c1-10-14(17-11(2)15-10)13(16)9-8-12-6-4-3-5-7-12/h3-7,13,16H,8-9H2,1-2H3. The van der Waals surface area contributed by atoms with E-state index in [0.29, 0.717) is 0 Å². The number of aromatic nitrogens is 1. The molecule has 0 aliphatic heterocycles. The Bertz CT molecular complexity index is 478. The van der Waals surface area contributed by atoms with E-state index in [4.69, 9.17) is 0 Å². The van der Waals surface area contributed by atoms with Crippen molar-refractivity contribution in [3.63, 3.8) is 0 Å². The van der Waals surface area contributed by atoms with Gasteiger partial charge in [-0.15, -0.1) is 11.3 Å². The Kier molecular flexibility index (Phi) is 3.92. The summed E-state index contributed by atoms with van der Waals surface area (Å²) < 4.78 is 0. The smallest absolute Gasteiger partial charge is 0.0904 e. The summed E-state index contributed by atoms with van der Waals surface area (Å²) in [6.07, 6.45) is 1.27. The molecule has 17 heavy (non-hydrogen) atoms. The van der Waals surface area contributed by atoms with E-state index in [1.54, 1.807) is 11.3 Å². The fraction of sp³-hybridized carbons (Fsp3) is 0.357. The van der Waals surface area contributed by atoms with E-state index in [0.717, 1.165) is 28.4 Å². The molecule has 0 aliphatic carbocycles. The summed E-state index contributed by atoms with van der Waals surface area (Å²) in [6.45, 7) is 3.94. The van der Waals surface area contributed by atoms with Crippen LogP contribution in [-0.4, -0.2) is 10.1 Å². The number of aliphatic hydroxyl groups excluding tert-OH is 1. The molecule has 2 rings (SSSR count). The molecule has 0 saturated carbocycles. The van der Waals surface area contributed by atoms with Crippen LogP contribution in [0.1, 0.15) is 33.7 Å². The summed E-state index contributed by atoms with van der Waals surface area (Å²) >= 11 is 1.60. The molecule has 1 aromatic heterocycles. The zero-order chi connectivity index (χ0) is 12.3. The van der Waals surface area contributed by atoms with Gasteiger partial charge in [0.25, 0.3) is 0 Å². The molecule has 90 valence electrons. The molecule has 2 nitrogen and oxygen atoms in total. The highest BCUT2D eigenvalue weighted by atomic mass is 32.1. The van der Waals surface area contributed by atoms with Gasteiger partial charge in [0.1, 0.15) is 0 Å². The van der Waals surface area contributed by atoms with Crippen LogP contribution in [0.5, 0.6) is 0 Å². The summed E-state index contributed by atoms with van der Waals surface area (Å²) in [7, 11) is 0. The number of hydrogen-bond acceptors (Lipinski definition) is 3. The molecule has 1 N–H and O–H groups in total. The highest BCUT2D eigenvalue weighted by Gasteiger charge is 2.14. The van der Waals surface area contributed by atoms with Gasteiger partial charge in [-0.2, -0.15) is 0 Å². The van der Waals surface area contributed by atoms with Gasteiger partial charge in [-0.3, -0.25) is 0 Å². The van der Waals surface area contributed by atoms with Gasteiger partial charge in [0.15, 0.2) is 0 Å². The van der Waals surface area contributed by atoms with Crippen LogP contribution in [0.4, 0.5) is 0 Å². The van der Waals surface area contributed by atoms with Crippen molar-refractivity contribution in [3.8, 4) is 0 Å². The highest BCUT2D eigenvalue weighted by Crippen LogP contribution is 2.27. The summed E-state index contributed by atoms with van der Waals surface area (Å²) in [5.74, 6) is 0. The van der Waals surface area contributed by atoms with Crippen molar-refractivity contribution in [2.75, 3.05) is 0 Å². The molecule has 0 saturated heterocycles. The van der Waals surface area contributed by atoms with Crippen molar-refractivity contribution >= 4 is 11.3 Å². The molecule has 0 bridgehead atoms. The molecule has 0 spiro atoms. The number of benzene rings is 1. The van der Waals surface area contributed by atoms with E-state index in [1.807, 2.05) is 32.0 Å². The van der Waals surface area contributed by atoms with Gasteiger partial charge in [0.2, 0.25) is 0 Å². The molecule has 1 atom stereocenters. The van der Waals surface area contributed by atoms with Crippen molar-refractivity contribution in [3.05, 3.63) is 51.5 Å². The predicted molar refractivity (Wildman–Crippen MR) is 71.3 cm³/mol. The molecule has 0 aliphatic rings. The Morgan fingerprint density at radius 2 is 1.94 bits per heavy atom. The lowest BCUT2D eigenvalue weighted by Crippen LogP contribution is -1.99. The maximum Gasteiger partial charge on any atom is 0.0904 e. The quantitative estimate of drug-likeness (QED) is 0.898. The Hall–Kier alpha value is -1.19. The SMILES string of the molecule is Cc1nc(C)c(C(O)CCc2ccccc2)s1. The maximum atomic E-state index is 10.1. The lowest BCUT2D eigenvalue weighted by Gasteiger charge is -2.09. The first-order chi connectivity index (χ1) is 8.16. The van der Waals surface area contributed by atoms with Crippen LogP contribution < -0.4 is 0 Å². The summed E-state index contributed by atoms with van der Waals surface area (Å²) in [4.78, 5) is 5.36.